The summed E-state index contributed by atoms with van der Waals surface area (Å²) in [5, 5.41) is -0.265. The Kier molecular flexibility index (Phi) is 6.24. The molecule has 0 bridgehead atoms. The van der Waals surface area contributed by atoms with E-state index < -0.39 is 9.84 Å². The van der Waals surface area contributed by atoms with Gasteiger partial charge in [0.2, 0.25) is 0 Å². The molecule has 0 N–H and O–H groups in total. The molecule has 0 saturated heterocycles. The average molecular weight is 282 g/mol. The zero-order valence-electron chi connectivity index (χ0n) is 10.9. The largest absolute Gasteiger partial charge is 0.299 e. The lowest BCUT2D eigenvalue weighted by Crippen LogP contribution is -2.43. The molecule has 1 aliphatic carbocycles. The summed E-state index contributed by atoms with van der Waals surface area (Å²) in [6.45, 7) is 5.10. The number of sulfone groups is 1. The summed E-state index contributed by atoms with van der Waals surface area (Å²) in [7, 11) is -2.91. The van der Waals surface area contributed by atoms with Gasteiger partial charge in [-0.1, -0.05) is 6.42 Å². The molecule has 0 aliphatic heterocycles. The number of hydrogen-bond acceptors (Lipinski definition) is 3. The van der Waals surface area contributed by atoms with Gasteiger partial charge in [-0.15, -0.1) is 11.6 Å². The molecule has 0 unspecified atom stereocenters. The van der Waals surface area contributed by atoms with Gasteiger partial charge in [-0.25, -0.2) is 8.42 Å². The van der Waals surface area contributed by atoms with E-state index in [1.54, 1.807) is 13.8 Å². The van der Waals surface area contributed by atoms with Crippen LogP contribution in [0, 0.1) is 0 Å². The van der Waals surface area contributed by atoms with Gasteiger partial charge >= 0.3 is 0 Å². The number of nitrogens with zero attached hydrogens (tertiary/aromatic N) is 1. The molecule has 3 nitrogen and oxygen atoms in total. The quantitative estimate of drug-likeness (QED) is 0.641. The number of rotatable bonds is 8. The Labute approximate surface area is 110 Å². The standard InChI is InChI=1S/C12H24ClNO2S/c1-11(2)17(15,16)10-9-14(8-4-7-13)12-5-3-6-12/h11-12H,3-10H2,1-2H3. The van der Waals surface area contributed by atoms with E-state index >= 15 is 0 Å². The smallest absolute Gasteiger partial charge is 0.153 e. The maximum absolute atomic E-state index is 11.8. The molecule has 1 fully saturated rings. The first-order valence-electron chi connectivity index (χ1n) is 6.49. The van der Waals surface area contributed by atoms with Gasteiger partial charge in [0.25, 0.3) is 0 Å². The van der Waals surface area contributed by atoms with E-state index in [0.717, 1.165) is 13.0 Å². The van der Waals surface area contributed by atoms with E-state index in [4.69, 9.17) is 11.6 Å². The summed E-state index contributed by atoms with van der Waals surface area (Å²) in [4.78, 5) is 2.31. The van der Waals surface area contributed by atoms with Crippen molar-refractivity contribution in [2.75, 3.05) is 24.7 Å². The average Bonchev–Trinajstić information content (AvgIpc) is 2.19. The van der Waals surface area contributed by atoms with Gasteiger partial charge in [-0.05, 0) is 39.7 Å². The Balaban J connectivity index is 2.43. The van der Waals surface area contributed by atoms with Crippen LogP contribution in [-0.2, 0) is 9.84 Å². The third kappa shape index (κ3) is 4.76. The number of halogens is 1. The van der Waals surface area contributed by atoms with Gasteiger partial charge in [-0.3, -0.25) is 4.90 Å². The maximum atomic E-state index is 11.8. The molecule has 17 heavy (non-hydrogen) atoms. The van der Waals surface area contributed by atoms with Crippen molar-refractivity contribution in [1.29, 1.82) is 0 Å². The third-order valence-corrected chi connectivity index (χ3v) is 6.01. The highest BCUT2D eigenvalue weighted by atomic mass is 35.5. The van der Waals surface area contributed by atoms with Gasteiger partial charge in [0.15, 0.2) is 9.84 Å². The normalized spacial score (nSPS) is 17.7. The first kappa shape index (κ1) is 15.3. The third-order valence-electron chi connectivity index (χ3n) is 3.55. The van der Waals surface area contributed by atoms with Crippen molar-refractivity contribution in [2.45, 2.75) is 50.8 Å². The van der Waals surface area contributed by atoms with Gasteiger partial charge in [0.1, 0.15) is 0 Å². The van der Waals surface area contributed by atoms with Crippen LogP contribution in [0.5, 0.6) is 0 Å². The van der Waals surface area contributed by atoms with Crippen LogP contribution in [0.3, 0.4) is 0 Å². The summed E-state index contributed by atoms with van der Waals surface area (Å²) in [6.07, 6.45) is 4.65. The van der Waals surface area contributed by atoms with Crippen molar-refractivity contribution in [1.82, 2.24) is 4.90 Å². The summed E-state index contributed by atoms with van der Waals surface area (Å²) in [5.41, 5.74) is 0. The lowest BCUT2D eigenvalue weighted by molar-refractivity contribution is 0.135. The minimum atomic E-state index is -2.91. The van der Waals surface area contributed by atoms with Crippen molar-refractivity contribution < 1.29 is 8.42 Å². The first-order valence-corrected chi connectivity index (χ1v) is 8.74. The van der Waals surface area contributed by atoms with E-state index in [9.17, 15) is 8.42 Å². The molecule has 5 heteroatoms. The Morgan fingerprint density at radius 2 is 1.94 bits per heavy atom. The lowest BCUT2D eigenvalue weighted by atomic mass is 9.91. The van der Waals surface area contributed by atoms with E-state index in [-0.39, 0.29) is 11.0 Å². The second kappa shape index (κ2) is 6.95. The second-order valence-corrected chi connectivity index (χ2v) is 8.13. The molecule has 1 rings (SSSR count). The van der Waals surface area contributed by atoms with Gasteiger partial charge in [-0.2, -0.15) is 0 Å². The van der Waals surface area contributed by atoms with Crippen LogP contribution in [0.25, 0.3) is 0 Å². The van der Waals surface area contributed by atoms with Crippen molar-refractivity contribution in [3.8, 4) is 0 Å². The highest BCUT2D eigenvalue weighted by Gasteiger charge is 2.26. The Hall–Kier alpha value is 0.200. The van der Waals surface area contributed by atoms with Crippen LogP contribution in [0.4, 0.5) is 0 Å². The molecule has 0 aromatic carbocycles. The van der Waals surface area contributed by atoms with Crippen LogP contribution in [0.1, 0.15) is 39.5 Å². The molecule has 0 aromatic heterocycles. The fourth-order valence-electron chi connectivity index (χ4n) is 1.97. The van der Waals surface area contributed by atoms with Crippen molar-refractivity contribution in [3.63, 3.8) is 0 Å². The van der Waals surface area contributed by atoms with Crippen molar-refractivity contribution >= 4 is 21.4 Å². The van der Waals surface area contributed by atoms with Crippen LogP contribution in [0.15, 0.2) is 0 Å². The predicted molar refractivity (Wildman–Crippen MR) is 73.5 cm³/mol. The molecule has 0 atom stereocenters. The van der Waals surface area contributed by atoms with Crippen molar-refractivity contribution in [3.05, 3.63) is 0 Å². The second-order valence-electron chi connectivity index (χ2n) is 5.08. The number of alkyl halides is 1. The zero-order valence-corrected chi connectivity index (χ0v) is 12.4. The van der Waals surface area contributed by atoms with Gasteiger partial charge in [0.05, 0.1) is 11.0 Å². The Bertz CT molecular complexity index is 312. The Morgan fingerprint density at radius 3 is 2.35 bits per heavy atom. The Morgan fingerprint density at radius 1 is 1.29 bits per heavy atom. The van der Waals surface area contributed by atoms with Gasteiger partial charge in [0, 0.05) is 18.5 Å². The molecule has 0 aromatic rings. The molecule has 0 heterocycles. The number of hydrogen-bond donors (Lipinski definition) is 0. The van der Waals surface area contributed by atoms with Crippen molar-refractivity contribution in [2.24, 2.45) is 0 Å². The van der Waals surface area contributed by atoms with Crippen LogP contribution in [0.2, 0.25) is 0 Å². The van der Waals surface area contributed by atoms with Gasteiger partial charge < -0.3 is 0 Å². The lowest BCUT2D eigenvalue weighted by Gasteiger charge is -2.37. The molecular formula is C12H24ClNO2S. The fourth-order valence-corrected chi connectivity index (χ4v) is 3.05. The van der Waals surface area contributed by atoms with Crippen LogP contribution < -0.4 is 0 Å². The zero-order chi connectivity index (χ0) is 12.9. The monoisotopic (exact) mass is 281 g/mol. The predicted octanol–water partition coefficient (Wildman–Crippen LogP) is 2.29. The molecule has 102 valence electrons. The topological polar surface area (TPSA) is 37.4 Å². The molecule has 0 spiro atoms. The SMILES string of the molecule is CC(C)S(=O)(=O)CCN(CCCCl)C1CCC1. The fraction of sp³-hybridized carbons (Fsp3) is 1.00. The molecule has 0 radical (unpaired) electrons. The summed E-state index contributed by atoms with van der Waals surface area (Å²) >= 11 is 5.71. The van der Waals surface area contributed by atoms with E-state index in [0.29, 0.717) is 18.5 Å². The van der Waals surface area contributed by atoms with E-state index in [2.05, 4.69) is 4.90 Å². The van der Waals surface area contributed by atoms with Crippen LogP contribution >= 0.6 is 11.6 Å². The summed E-state index contributed by atoms with van der Waals surface area (Å²) in [6, 6.07) is 0.598. The van der Waals surface area contributed by atoms with Crippen LogP contribution in [-0.4, -0.2) is 49.3 Å². The summed E-state index contributed by atoms with van der Waals surface area (Å²) in [5.74, 6) is 0.934. The minimum absolute atomic E-state index is 0.265. The molecular weight excluding hydrogens is 258 g/mol. The van der Waals surface area contributed by atoms with E-state index in [1.807, 2.05) is 0 Å². The maximum Gasteiger partial charge on any atom is 0.153 e. The highest BCUT2D eigenvalue weighted by Crippen LogP contribution is 2.25. The van der Waals surface area contributed by atoms with E-state index in [1.165, 1.54) is 19.3 Å². The molecule has 0 amide bonds. The highest BCUT2D eigenvalue weighted by molar-refractivity contribution is 7.92. The molecule has 1 saturated carbocycles. The minimum Gasteiger partial charge on any atom is -0.299 e. The summed E-state index contributed by atoms with van der Waals surface area (Å²) < 4.78 is 23.6. The molecule has 1 aliphatic rings. The first-order chi connectivity index (χ1) is 7.97.